The molecule has 0 saturated carbocycles. The van der Waals surface area contributed by atoms with Gasteiger partial charge in [-0.05, 0) is 45.9 Å². The van der Waals surface area contributed by atoms with Crippen molar-refractivity contribution in [3.8, 4) is 11.8 Å². The monoisotopic (exact) mass is 244 g/mol. The van der Waals surface area contributed by atoms with Gasteiger partial charge in [-0.3, -0.25) is 0 Å². The van der Waals surface area contributed by atoms with Crippen LogP contribution in [0.25, 0.3) is 0 Å². The van der Waals surface area contributed by atoms with Crippen molar-refractivity contribution in [3.63, 3.8) is 0 Å². The Balaban J connectivity index is 2.31. The summed E-state index contributed by atoms with van der Waals surface area (Å²) in [5, 5.41) is 0. The van der Waals surface area contributed by atoms with Gasteiger partial charge in [0.25, 0.3) is 0 Å². The number of hydrogen-bond acceptors (Lipinski definition) is 1. The molecule has 2 aromatic rings. The predicted molar refractivity (Wildman–Crippen MR) is 70.6 cm³/mol. The van der Waals surface area contributed by atoms with E-state index in [-0.39, 0.29) is 0 Å². The number of hydrogen-bond donors (Lipinski definition) is 0. The second-order valence-corrected chi connectivity index (χ2v) is 4.25. The van der Waals surface area contributed by atoms with E-state index in [1.54, 1.807) is 0 Å². The van der Waals surface area contributed by atoms with Crippen LogP contribution in [-0.4, -0.2) is 0 Å². The van der Waals surface area contributed by atoms with Crippen LogP contribution in [0, 0.1) is 11.8 Å². The summed E-state index contributed by atoms with van der Waals surface area (Å²) in [7, 11) is 6.96. The van der Waals surface area contributed by atoms with Crippen LogP contribution >= 0.6 is 21.7 Å². The SMILES string of the molecule is ClSc1ccccc1C#Cc1ccccc1. The number of halogens is 1. The van der Waals surface area contributed by atoms with E-state index >= 15 is 0 Å². The maximum Gasteiger partial charge on any atom is 0.0397 e. The number of rotatable bonds is 1. The molecule has 2 heteroatoms. The Morgan fingerprint density at radius 2 is 1.50 bits per heavy atom. The van der Waals surface area contributed by atoms with Crippen LogP contribution in [0.2, 0.25) is 0 Å². The summed E-state index contributed by atoms with van der Waals surface area (Å²) in [6, 6.07) is 17.8. The van der Waals surface area contributed by atoms with E-state index in [9.17, 15) is 0 Å². The van der Waals surface area contributed by atoms with Crippen molar-refractivity contribution in [2.75, 3.05) is 0 Å². The molecule has 0 aromatic heterocycles. The fraction of sp³-hybridized carbons (Fsp3) is 0. The smallest absolute Gasteiger partial charge is 0.0397 e. The molecule has 78 valence electrons. The Labute approximate surface area is 104 Å². The first-order valence-electron chi connectivity index (χ1n) is 4.85. The zero-order valence-corrected chi connectivity index (χ0v) is 10.1. The van der Waals surface area contributed by atoms with E-state index in [2.05, 4.69) is 11.8 Å². The number of benzene rings is 2. The molecule has 0 N–H and O–H groups in total. The molecule has 16 heavy (non-hydrogen) atoms. The first-order chi connectivity index (χ1) is 7.90. The Kier molecular flexibility index (Phi) is 3.93. The highest BCUT2D eigenvalue weighted by Gasteiger charge is 1.96. The quantitative estimate of drug-likeness (QED) is 0.673. The predicted octanol–water partition coefficient (Wildman–Crippen LogP) is 4.33. The molecular formula is C14H9ClS. The molecule has 0 heterocycles. The van der Waals surface area contributed by atoms with Crippen molar-refractivity contribution < 1.29 is 0 Å². The van der Waals surface area contributed by atoms with Gasteiger partial charge < -0.3 is 0 Å². The third-order valence-corrected chi connectivity index (χ3v) is 3.11. The molecule has 0 aliphatic carbocycles. The summed E-state index contributed by atoms with van der Waals surface area (Å²) in [6.07, 6.45) is 0. The third kappa shape index (κ3) is 2.82. The van der Waals surface area contributed by atoms with Crippen LogP contribution in [0.4, 0.5) is 0 Å². The molecule has 0 bridgehead atoms. The maximum atomic E-state index is 5.76. The van der Waals surface area contributed by atoms with Crippen molar-refractivity contribution in [2.45, 2.75) is 4.90 Å². The van der Waals surface area contributed by atoms with Crippen LogP contribution in [0.15, 0.2) is 59.5 Å². The van der Waals surface area contributed by atoms with Gasteiger partial charge in [0, 0.05) is 16.0 Å². The first-order valence-corrected chi connectivity index (χ1v) is 6.49. The lowest BCUT2D eigenvalue weighted by Gasteiger charge is -1.96. The topological polar surface area (TPSA) is 0 Å². The van der Waals surface area contributed by atoms with Crippen LogP contribution in [0.3, 0.4) is 0 Å². The highest BCUT2D eigenvalue weighted by Crippen LogP contribution is 2.24. The van der Waals surface area contributed by atoms with Gasteiger partial charge in [-0.25, -0.2) is 0 Å². The van der Waals surface area contributed by atoms with E-state index in [4.69, 9.17) is 10.7 Å². The lowest BCUT2D eigenvalue weighted by atomic mass is 10.2. The molecule has 0 nitrogen and oxygen atoms in total. The van der Waals surface area contributed by atoms with E-state index in [0.29, 0.717) is 0 Å². The first kappa shape index (κ1) is 11.1. The Morgan fingerprint density at radius 3 is 2.25 bits per heavy atom. The summed E-state index contributed by atoms with van der Waals surface area (Å²) in [6.45, 7) is 0. The highest BCUT2D eigenvalue weighted by atomic mass is 35.7. The standard InChI is InChI=1S/C14H9ClS/c15-16-14-9-5-4-8-13(14)11-10-12-6-2-1-3-7-12/h1-9H. The summed E-state index contributed by atoms with van der Waals surface area (Å²) in [4.78, 5) is 0.993. The Morgan fingerprint density at radius 1 is 0.812 bits per heavy atom. The molecule has 0 aliphatic heterocycles. The molecule has 0 aliphatic rings. The van der Waals surface area contributed by atoms with Crippen molar-refractivity contribution in [3.05, 3.63) is 65.7 Å². The van der Waals surface area contributed by atoms with E-state index in [1.165, 1.54) is 11.0 Å². The summed E-state index contributed by atoms with van der Waals surface area (Å²) in [5.74, 6) is 6.24. The molecule has 0 saturated heterocycles. The summed E-state index contributed by atoms with van der Waals surface area (Å²) >= 11 is 0. The Hall–Kier alpha value is -1.36. The second kappa shape index (κ2) is 5.65. The molecular weight excluding hydrogens is 236 g/mol. The van der Waals surface area contributed by atoms with Gasteiger partial charge in [0.2, 0.25) is 0 Å². The van der Waals surface area contributed by atoms with Crippen LogP contribution in [0.5, 0.6) is 0 Å². The zero-order valence-electron chi connectivity index (χ0n) is 8.48. The minimum absolute atomic E-state index is 0.964. The van der Waals surface area contributed by atoms with Crippen molar-refractivity contribution in [1.82, 2.24) is 0 Å². The Bertz CT molecular complexity index is 523. The highest BCUT2D eigenvalue weighted by molar-refractivity contribution is 8.21. The average Bonchev–Trinajstić information content (AvgIpc) is 2.38. The lowest BCUT2D eigenvalue weighted by Crippen LogP contribution is -1.78. The molecule has 0 spiro atoms. The summed E-state index contributed by atoms with van der Waals surface area (Å²) in [5.41, 5.74) is 1.98. The molecule has 0 fully saturated rings. The van der Waals surface area contributed by atoms with E-state index < -0.39 is 0 Å². The van der Waals surface area contributed by atoms with Crippen LogP contribution < -0.4 is 0 Å². The van der Waals surface area contributed by atoms with Crippen LogP contribution in [0.1, 0.15) is 11.1 Å². The van der Waals surface area contributed by atoms with Crippen molar-refractivity contribution >= 4 is 21.7 Å². The molecule has 0 atom stereocenters. The largest absolute Gasteiger partial charge is 0.0622 e. The maximum absolute atomic E-state index is 5.76. The molecule has 2 aromatic carbocycles. The fourth-order valence-corrected chi connectivity index (χ4v) is 2.03. The van der Waals surface area contributed by atoms with Gasteiger partial charge >= 0.3 is 0 Å². The average molecular weight is 245 g/mol. The van der Waals surface area contributed by atoms with Gasteiger partial charge in [0.15, 0.2) is 0 Å². The summed E-state index contributed by atoms with van der Waals surface area (Å²) < 4.78 is 0. The van der Waals surface area contributed by atoms with Gasteiger partial charge in [-0.2, -0.15) is 0 Å². The van der Waals surface area contributed by atoms with Crippen molar-refractivity contribution in [1.29, 1.82) is 0 Å². The normalized spacial score (nSPS) is 9.31. The van der Waals surface area contributed by atoms with E-state index in [0.717, 1.165) is 16.0 Å². The molecule has 0 amide bonds. The van der Waals surface area contributed by atoms with Gasteiger partial charge in [-0.15, -0.1) is 0 Å². The van der Waals surface area contributed by atoms with Gasteiger partial charge in [0.05, 0.1) is 0 Å². The lowest BCUT2D eigenvalue weighted by molar-refractivity contribution is 1.42. The zero-order chi connectivity index (χ0) is 11.2. The van der Waals surface area contributed by atoms with E-state index in [1.807, 2.05) is 54.6 Å². The van der Waals surface area contributed by atoms with Crippen LogP contribution in [-0.2, 0) is 0 Å². The minimum atomic E-state index is 0.964. The fourth-order valence-electron chi connectivity index (χ4n) is 1.30. The molecule has 0 unspecified atom stereocenters. The van der Waals surface area contributed by atoms with Gasteiger partial charge in [-0.1, -0.05) is 42.2 Å². The van der Waals surface area contributed by atoms with Gasteiger partial charge in [0.1, 0.15) is 0 Å². The molecule has 0 radical (unpaired) electrons. The van der Waals surface area contributed by atoms with Crippen molar-refractivity contribution in [2.24, 2.45) is 0 Å². The molecule has 2 rings (SSSR count). The second-order valence-electron chi connectivity index (χ2n) is 3.19. The minimum Gasteiger partial charge on any atom is -0.0622 e. The third-order valence-electron chi connectivity index (χ3n) is 2.09.